The summed E-state index contributed by atoms with van der Waals surface area (Å²) in [6.45, 7) is 2.58. The first-order valence-electron chi connectivity index (χ1n) is 9.79. The molecule has 0 spiro atoms. The Bertz CT molecular complexity index is 1520. The van der Waals surface area contributed by atoms with Gasteiger partial charge in [-0.25, -0.2) is 19.3 Å². The van der Waals surface area contributed by atoms with Crippen LogP contribution in [-0.2, 0) is 5.41 Å². The van der Waals surface area contributed by atoms with E-state index in [9.17, 15) is 23.2 Å². The molecule has 5 rings (SSSR count). The Morgan fingerprint density at radius 3 is 2.66 bits per heavy atom. The minimum atomic E-state index is -4.82. The third-order valence-electron chi connectivity index (χ3n) is 5.50. The largest absolute Gasteiger partial charge is 0.405 e. The lowest BCUT2D eigenvalue weighted by Crippen LogP contribution is -2.47. The third kappa shape index (κ3) is 3.36. The number of carbonyl (C=O) groups excluding carboxylic acids is 1. The number of alkyl halides is 3. The van der Waals surface area contributed by atoms with Gasteiger partial charge in [0.15, 0.2) is 16.6 Å². The molecule has 1 aliphatic heterocycles. The minimum Gasteiger partial charge on any atom is -0.306 e. The van der Waals surface area contributed by atoms with E-state index < -0.39 is 24.2 Å². The van der Waals surface area contributed by atoms with Crippen LogP contribution in [0.2, 0.25) is 5.15 Å². The average molecular weight is 501 g/mol. The van der Waals surface area contributed by atoms with Crippen molar-refractivity contribution in [3.8, 4) is 11.9 Å². The molecular weight excluding hydrogens is 489 g/mol. The van der Waals surface area contributed by atoms with E-state index in [-0.39, 0.29) is 39.3 Å². The first kappa shape index (κ1) is 22.3. The van der Waals surface area contributed by atoms with Crippen molar-refractivity contribution in [3.63, 3.8) is 0 Å². The lowest BCUT2D eigenvalue weighted by molar-refractivity contribution is -0.172. The molecule has 0 radical (unpaired) electrons. The molecule has 4 aromatic heterocycles. The lowest BCUT2D eigenvalue weighted by Gasteiger charge is -2.29. The molecule has 0 aliphatic carbocycles. The van der Waals surface area contributed by atoms with Gasteiger partial charge in [-0.3, -0.25) is 4.90 Å². The van der Waals surface area contributed by atoms with E-state index in [4.69, 9.17) is 11.6 Å². The van der Waals surface area contributed by atoms with Crippen molar-refractivity contribution < 1.29 is 18.0 Å². The topological polar surface area (TPSA) is 130 Å². The summed E-state index contributed by atoms with van der Waals surface area (Å²) in [4.78, 5) is 23.3. The van der Waals surface area contributed by atoms with Gasteiger partial charge in [-0.2, -0.15) is 33.7 Å². The molecule has 176 valence electrons. The van der Waals surface area contributed by atoms with Crippen LogP contribution in [0.5, 0.6) is 0 Å². The van der Waals surface area contributed by atoms with Crippen molar-refractivity contribution in [1.82, 2.24) is 34.6 Å². The van der Waals surface area contributed by atoms with Gasteiger partial charge in [0.2, 0.25) is 0 Å². The number of urea groups is 1. The Labute approximate surface area is 199 Å². The molecule has 0 saturated carbocycles. The van der Waals surface area contributed by atoms with Gasteiger partial charge in [0.25, 0.3) is 0 Å². The second-order valence-corrected chi connectivity index (χ2v) is 7.83. The van der Waals surface area contributed by atoms with Gasteiger partial charge in [0, 0.05) is 6.07 Å². The van der Waals surface area contributed by atoms with Gasteiger partial charge in [-0.05, 0) is 6.07 Å². The summed E-state index contributed by atoms with van der Waals surface area (Å²) in [7, 11) is 0. The number of rotatable bonds is 3. The number of anilines is 2. The molecule has 1 atom stereocenters. The predicted molar refractivity (Wildman–Crippen MR) is 116 cm³/mol. The third-order valence-corrected chi connectivity index (χ3v) is 5.69. The molecule has 0 unspecified atom stereocenters. The first-order valence-corrected chi connectivity index (χ1v) is 10.2. The molecule has 4 aromatic rings. The number of carbonyl (C=O) groups is 1. The Balaban J connectivity index is 1.55. The fourth-order valence-corrected chi connectivity index (χ4v) is 4.06. The number of fused-ring (bicyclic) bond motifs is 3. The monoisotopic (exact) mass is 500 g/mol. The zero-order valence-corrected chi connectivity index (χ0v) is 18.2. The van der Waals surface area contributed by atoms with Crippen molar-refractivity contribution >= 4 is 34.7 Å². The summed E-state index contributed by atoms with van der Waals surface area (Å²) in [5.74, 6) is 0.118. The van der Waals surface area contributed by atoms with Crippen LogP contribution in [0.25, 0.3) is 11.5 Å². The Kier molecular flexibility index (Phi) is 4.95. The van der Waals surface area contributed by atoms with Crippen LogP contribution in [0.15, 0.2) is 49.6 Å². The van der Waals surface area contributed by atoms with Gasteiger partial charge >= 0.3 is 12.2 Å². The van der Waals surface area contributed by atoms with E-state index in [1.54, 1.807) is 0 Å². The molecule has 0 aromatic carbocycles. The summed E-state index contributed by atoms with van der Waals surface area (Å²) in [6, 6.07) is 3.63. The highest BCUT2D eigenvalue weighted by molar-refractivity contribution is 6.29. The highest BCUT2D eigenvalue weighted by Gasteiger charge is 2.62. The number of aromatic nitrogens is 7. The van der Waals surface area contributed by atoms with Crippen molar-refractivity contribution in [2.24, 2.45) is 0 Å². The predicted octanol–water partition coefficient (Wildman–Crippen LogP) is 3.27. The molecule has 5 heterocycles. The highest BCUT2D eigenvalue weighted by atomic mass is 35.5. The Hall–Kier alpha value is -4.51. The molecule has 0 saturated heterocycles. The number of amides is 2. The fourth-order valence-electron chi connectivity index (χ4n) is 3.89. The zero-order chi connectivity index (χ0) is 25.0. The van der Waals surface area contributed by atoms with E-state index >= 15 is 0 Å². The van der Waals surface area contributed by atoms with Crippen LogP contribution in [0.4, 0.5) is 29.3 Å². The second-order valence-electron chi connectivity index (χ2n) is 7.44. The maximum atomic E-state index is 14.4. The van der Waals surface area contributed by atoms with Crippen LogP contribution in [0.3, 0.4) is 0 Å². The quantitative estimate of drug-likeness (QED) is 0.427. The minimum absolute atomic E-state index is 0.0334. The van der Waals surface area contributed by atoms with Crippen LogP contribution in [-0.4, -0.2) is 53.3 Å². The number of hydrogen-bond donors (Lipinski definition) is 1. The van der Waals surface area contributed by atoms with Crippen LogP contribution in [0.1, 0.15) is 11.3 Å². The molecule has 1 N–H and O–H groups in total. The first-order chi connectivity index (χ1) is 16.7. The number of nitriles is 1. The van der Waals surface area contributed by atoms with Gasteiger partial charge in [0.05, 0.1) is 48.4 Å². The summed E-state index contributed by atoms with van der Waals surface area (Å²) in [5.41, 5.74) is -2.92. The maximum Gasteiger partial charge on any atom is 0.405 e. The van der Waals surface area contributed by atoms with Crippen LogP contribution < -0.4 is 10.2 Å². The van der Waals surface area contributed by atoms with Gasteiger partial charge in [-0.15, -0.1) is 11.4 Å². The van der Waals surface area contributed by atoms with E-state index in [1.165, 1.54) is 30.7 Å². The highest BCUT2D eigenvalue weighted by Crippen LogP contribution is 2.51. The molecular formula is C20H12ClF3N10O. The Morgan fingerprint density at radius 1 is 1.26 bits per heavy atom. The van der Waals surface area contributed by atoms with Gasteiger partial charge < -0.3 is 5.32 Å². The summed E-state index contributed by atoms with van der Waals surface area (Å²) in [6.07, 6.45) is 1.08. The van der Waals surface area contributed by atoms with E-state index in [0.717, 1.165) is 26.5 Å². The molecule has 0 fully saturated rings. The van der Waals surface area contributed by atoms with Crippen LogP contribution >= 0.6 is 11.6 Å². The van der Waals surface area contributed by atoms with Gasteiger partial charge in [-0.1, -0.05) is 17.7 Å². The van der Waals surface area contributed by atoms with E-state index in [2.05, 4.69) is 37.2 Å². The smallest absolute Gasteiger partial charge is 0.306 e. The molecule has 0 bridgehead atoms. The number of hydrogen-bond acceptors (Lipinski definition) is 7. The lowest BCUT2D eigenvalue weighted by atomic mass is 9.85. The molecule has 1 aliphatic rings. The summed E-state index contributed by atoms with van der Waals surface area (Å²) in [5, 5.41) is 23.6. The maximum absolute atomic E-state index is 14.4. The molecule has 35 heavy (non-hydrogen) atoms. The molecule has 15 heteroatoms. The normalized spacial score (nSPS) is 17.3. The van der Waals surface area contributed by atoms with E-state index in [0.29, 0.717) is 0 Å². The van der Waals surface area contributed by atoms with Crippen molar-refractivity contribution in [1.29, 1.82) is 5.26 Å². The second kappa shape index (κ2) is 7.77. The fraction of sp³-hybridized carbons (Fsp3) is 0.150. The van der Waals surface area contributed by atoms with Crippen LogP contribution in [0, 0.1) is 11.3 Å². The van der Waals surface area contributed by atoms with E-state index in [1.807, 2.05) is 6.07 Å². The average Bonchev–Trinajstić information content (AvgIpc) is 3.55. The number of nitrogens with zero attached hydrogens (tertiary/aromatic N) is 9. The van der Waals surface area contributed by atoms with Crippen molar-refractivity contribution in [3.05, 3.63) is 66.0 Å². The standard InChI is InChI=1S/C20H12ClF3N10O/c1-2-19(20(22,23)24)10-32(13-9-26-15-6-14(21)31-33(15)16(13)19)18(35)30-12-5-11(7-25)17(27-8-12)34-28-3-4-29-34/h2-6,8-9H,1,10H2,(H,30,35)/t19-/m1/s1. The van der Waals surface area contributed by atoms with Gasteiger partial charge in [0.1, 0.15) is 17.0 Å². The SMILES string of the molecule is C=C[C@@]1(C(F)(F)F)CN(C(=O)Nc2cnc(-n3nccn3)c(C#N)c2)c2cnc3cc(Cl)nn3c21. The Morgan fingerprint density at radius 2 is 2.00 bits per heavy atom. The number of nitrogens with one attached hydrogen (secondary N) is 1. The molecule has 2 amide bonds. The number of halogens is 4. The summed E-state index contributed by atoms with van der Waals surface area (Å²) >= 11 is 5.90. The summed E-state index contributed by atoms with van der Waals surface area (Å²) < 4.78 is 44.1. The van der Waals surface area contributed by atoms with Crippen molar-refractivity contribution in [2.45, 2.75) is 11.6 Å². The zero-order valence-electron chi connectivity index (χ0n) is 17.4. The number of pyridine rings is 1. The van der Waals surface area contributed by atoms with Crippen molar-refractivity contribution in [2.75, 3.05) is 16.8 Å². The molecule has 11 nitrogen and oxygen atoms in total.